The quantitative estimate of drug-likeness (QED) is 0.437. The summed E-state index contributed by atoms with van der Waals surface area (Å²) in [5, 5.41) is 12.3. The monoisotopic (exact) mass is 362 g/mol. The normalized spacial score (nSPS) is 16.5. The summed E-state index contributed by atoms with van der Waals surface area (Å²) in [6.07, 6.45) is 3.38. The predicted octanol–water partition coefficient (Wildman–Crippen LogP) is 4.02. The standard InChI is InChI=1S/C19H24F2N4O/c1-12(11-26)7-15(8-23-9-18(20)21)13(2)25-10-17-16(14(25)3)5-6-24-19(17)22-4/h5-8,11,13,18,26H,3,9-10H2,1-2,4H3,(H,22,24)/b12-11+,15-7+,23-8-. The lowest BCUT2D eigenvalue weighted by atomic mass is 10.1. The molecule has 1 aliphatic heterocycles. The van der Waals surface area contributed by atoms with Gasteiger partial charge in [0.1, 0.15) is 5.82 Å². The lowest BCUT2D eigenvalue weighted by Crippen LogP contribution is -2.29. The molecule has 0 bridgehead atoms. The highest BCUT2D eigenvalue weighted by Crippen LogP contribution is 2.37. The van der Waals surface area contributed by atoms with Crippen molar-refractivity contribution in [3.05, 3.63) is 53.5 Å². The smallest absolute Gasteiger partial charge is 0.257 e. The Morgan fingerprint density at radius 1 is 1.54 bits per heavy atom. The molecular formula is C19H24F2N4O. The molecule has 2 heterocycles. The van der Waals surface area contributed by atoms with Crippen molar-refractivity contribution in [2.45, 2.75) is 32.9 Å². The van der Waals surface area contributed by atoms with Gasteiger partial charge in [0.2, 0.25) is 0 Å². The van der Waals surface area contributed by atoms with E-state index in [9.17, 15) is 13.9 Å². The van der Waals surface area contributed by atoms with Crippen molar-refractivity contribution < 1.29 is 13.9 Å². The number of nitrogens with zero attached hydrogens (tertiary/aromatic N) is 3. The van der Waals surface area contributed by atoms with Crippen LogP contribution in [0, 0.1) is 0 Å². The minimum atomic E-state index is -2.49. The number of aromatic nitrogens is 1. The van der Waals surface area contributed by atoms with Crippen molar-refractivity contribution in [3.63, 3.8) is 0 Å². The third kappa shape index (κ3) is 4.28. The van der Waals surface area contributed by atoms with Crippen molar-refractivity contribution in [3.8, 4) is 0 Å². The van der Waals surface area contributed by atoms with Crippen LogP contribution in [0.2, 0.25) is 0 Å². The SMILES string of the molecule is C=C1c2ccnc(NC)c2CN1C(C)C(/C=N\CC(F)F)=C/C(C)=C/O. The van der Waals surface area contributed by atoms with Gasteiger partial charge in [0, 0.05) is 42.8 Å². The van der Waals surface area contributed by atoms with Crippen molar-refractivity contribution in [1.82, 2.24) is 9.88 Å². The second-order valence-electron chi connectivity index (χ2n) is 6.09. The Kier molecular flexibility index (Phi) is 6.49. The summed E-state index contributed by atoms with van der Waals surface area (Å²) in [5.74, 6) is 0.793. The number of aliphatic imine (C=N–C) groups is 1. The average molecular weight is 362 g/mol. The predicted molar refractivity (Wildman–Crippen MR) is 102 cm³/mol. The largest absolute Gasteiger partial charge is 0.515 e. The van der Waals surface area contributed by atoms with Crippen LogP contribution in [-0.2, 0) is 6.54 Å². The van der Waals surface area contributed by atoms with Crippen LogP contribution in [-0.4, -0.2) is 47.3 Å². The lowest BCUT2D eigenvalue weighted by molar-refractivity contribution is 0.159. The van der Waals surface area contributed by atoms with Crippen molar-refractivity contribution in [2.75, 3.05) is 18.9 Å². The number of aliphatic hydroxyl groups is 1. The van der Waals surface area contributed by atoms with Crippen molar-refractivity contribution in [2.24, 2.45) is 4.99 Å². The number of alkyl halides is 2. The highest BCUT2D eigenvalue weighted by molar-refractivity contribution is 5.82. The molecule has 1 aromatic heterocycles. The average Bonchev–Trinajstić information content (AvgIpc) is 2.96. The molecule has 2 rings (SSSR count). The van der Waals surface area contributed by atoms with E-state index >= 15 is 0 Å². The van der Waals surface area contributed by atoms with E-state index in [2.05, 4.69) is 26.8 Å². The van der Waals surface area contributed by atoms with Crippen LogP contribution in [0.4, 0.5) is 14.6 Å². The minimum Gasteiger partial charge on any atom is -0.515 e. The third-order valence-electron chi connectivity index (χ3n) is 4.31. The molecule has 0 aromatic carbocycles. The van der Waals surface area contributed by atoms with Crippen molar-refractivity contribution >= 4 is 17.7 Å². The Morgan fingerprint density at radius 2 is 2.27 bits per heavy atom. The molecular weight excluding hydrogens is 338 g/mol. The van der Waals surface area contributed by atoms with E-state index in [1.54, 1.807) is 19.2 Å². The number of pyridine rings is 1. The van der Waals surface area contributed by atoms with E-state index in [4.69, 9.17) is 0 Å². The maximum atomic E-state index is 12.4. The fourth-order valence-corrected chi connectivity index (χ4v) is 2.91. The zero-order valence-corrected chi connectivity index (χ0v) is 15.2. The molecule has 0 fully saturated rings. The summed E-state index contributed by atoms with van der Waals surface area (Å²) in [6, 6.07) is 1.74. The number of rotatable bonds is 7. The van der Waals surface area contributed by atoms with E-state index < -0.39 is 13.0 Å². The van der Waals surface area contributed by atoms with Crippen LogP contribution < -0.4 is 5.32 Å². The van der Waals surface area contributed by atoms with Gasteiger partial charge in [-0.25, -0.2) is 13.8 Å². The van der Waals surface area contributed by atoms with Crippen LogP contribution in [0.15, 0.2) is 47.3 Å². The number of halogens is 2. The minimum absolute atomic E-state index is 0.170. The number of aliphatic hydroxyl groups excluding tert-OH is 1. The Labute approximate surface area is 152 Å². The zero-order chi connectivity index (χ0) is 19.3. The number of fused-ring (bicyclic) bond motifs is 1. The van der Waals surface area contributed by atoms with E-state index in [0.717, 1.165) is 28.9 Å². The maximum absolute atomic E-state index is 12.4. The summed E-state index contributed by atoms with van der Waals surface area (Å²) >= 11 is 0. The molecule has 140 valence electrons. The summed E-state index contributed by atoms with van der Waals surface area (Å²) in [6.45, 7) is 7.90. The van der Waals surface area contributed by atoms with Gasteiger partial charge < -0.3 is 15.3 Å². The molecule has 0 aliphatic carbocycles. The van der Waals surface area contributed by atoms with Gasteiger partial charge in [-0.15, -0.1) is 0 Å². The fraction of sp³-hybridized carbons (Fsp3) is 0.368. The number of hydrogen-bond donors (Lipinski definition) is 2. The van der Waals surface area contributed by atoms with E-state index in [-0.39, 0.29) is 6.04 Å². The van der Waals surface area contributed by atoms with E-state index in [1.807, 2.05) is 20.0 Å². The molecule has 0 spiro atoms. The number of allylic oxidation sites excluding steroid dienone is 2. The highest BCUT2D eigenvalue weighted by Gasteiger charge is 2.29. The number of anilines is 1. The summed E-state index contributed by atoms with van der Waals surface area (Å²) in [5.41, 5.74) is 4.21. The summed E-state index contributed by atoms with van der Waals surface area (Å²) in [4.78, 5) is 10.2. The second-order valence-corrected chi connectivity index (χ2v) is 6.09. The molecule has 26 heavy (non-hydrogen) atoms. The topological polar surface area (TPSA) is 60.8 Å². The Hall–Kier alpha value is -2.70. The van der Waals surface area contributed by atoms with Gasteiger partial charge >= 0.3 is 0 Å². The fourth-order valence-electron chi connectivity index (χ4n) is 2.91. The summed E-state index contributed by atoms with van der Waals surface area (Å²) in [7, 11) is 1.81. The van der Waals surface area contributed by atoms with Gasteiger partial charge in [-0.05, 0) is 37.1 Å². The zero-order valence-electron chi connectivity index (χ0n) is 15.2. The first-order valence-corrected chi connectivity index (χ1v) is 8.31. The first-order valence-electron chi connectivity index (χ1n) is 8.31. The molecule has 7 heteroatoms. The van der Waals surface area contributed by atoms with Crippen LogP contribution in [0.25, 0.3) is 5.70 Å². The van der Waals surface area contributed by atoms with Gasteiger partial charge in [-0.2, -0.15) is 0 Å². The van der Waals surface area contributed by atoms with Gasteiger partial charge in [-0.1, -0.05) is 6.58 Å². The number of nitrogens with one attached hydrogen (secondary N) is 1. The molecule has 0 saturated heterocycles. The Balaban J connectivity index is 2.31. The maximum Gasteiger partial charge on any atom is 0.257 e. The highest BCUT2D eigenvalue weighted by atomic mass is 19.3. The Bertz CT molecular complexity index is 756. The van der Waals surface area contributed by atoms with Gasteiger partial charge in [0.05, 0.1) is 18.8 Å². The second kappa shape index (κ2) is 8.60. The third-order valence-corrected chi connectivity index (χ3v) is 4.31. The lowest BCUT2D eigenvalue weighted by Gasteiger charge is -2.28. The van der Waals surface area contributed by atoms with E-state index in [0.29, 0.717) is 17.7 Å². The molecule has 0 amide bonds. The van der Waals surface area contributed by atoms with Crippen LogP contribution in [0.1, 0.15) is 25.0 Å². The van der Waals surface area contributed by atoms with Gasteiger partial charge in [0.15, 0.2) is 0 Å². The van der Waals surface area contributed by atoms with Crippen molar-refractivity contribution in [1.29, 1.82) is 0 Å². The van der Waals surface area contributed by atoms with Crippen LogP contribution >= 0.6 is 0 Å². The van der Waals surface area contributed by atoms with E-state index in [1.165, 1.54) is 6.21 Å². The van der Waals surface area contributed by atoms with Gasteiger partial charge in [0.25, 0.3) is 6.43 Å². The molecule has 0 saturated carbocycles. The van der Waals surface area contributed by atoms with Crippen LogP contribution in [0.5, 0.6) is 0 Å². The van der Waals surface area contributed by atoms with Gasteiger partial charge in [-0.3, -0.25) is 4.99 Å². The Morgan fingerprint density at radius 3 is 2.88 bits per heavy atom. The molecule has 1 atom stereocenters. The molecule has 2 N–H and O–H groups in total. The molecule has 1 aromatic rings. The first-order chi connectivity index (χ1) is 12.4. The first kappa shape index (κ1) is 19.6. The number of hydrogen-bond acceptors (Lipinski definition) is 5. The summed E-state index contributed by atoms with van der Waals surface area (Å²) < 4.78 is 24.8. The molecule has 5 nitrogen and oxygen atoms in total. The van der Waals surface area contributed by atoms with Crippen LogP contribution in [0.3, 0.4) is 0 Å². The molecule has 1 unspecified atom stereocenters. The molecule has 0 radical (unpaired) electrons. The molecule has 1 aliphatic rings.